The van der Waals surface area contributed by atoms with Crippen molar-refractivity contribution in [2.45, 2.75) is 44.6 Å². The van der Waals surface area contributed by atoms with E-state index in [1.54, 1.807) is 0 Å². The van der Waals surface area contributed by atoms with Gasteiger partial charge in [0.05, 0.1) is 0 Å². The van der Waals surface area contributed by atoms with Crippen molar-refractivity contribution >= 4 is 28.6 Å². The molecule has 0 aromatic heterocycles. The largest absolute Gasteiger partial charge is 0.331 e. The molecule has 110 valence electrons. The van der Waals surface area contributed by atoms with Crippen LogP contribution >= 0.6 is 0 Å². The van der Waals surface area contributed by atoms with Gasteiger partial charge in [-0.25, -0.2) is 4.79 Å². The lowest BCUT2D eigenvalue weighted by atomic mass is 9.81. The summed E-state index contributed by atoms with van der Waals surface area (Å²) in [7, 11) is -0.842. The number of amides is 4. The van der Waals surface area contributed by atoms with Crippen molar-refractivity contribution < 1.29 is 18.6 Å². The molecule has 1 aliphatic carbocycles. The maximum absolute atomic E-state index is 12.7. The van der Waals surface area contributed by atoms with E-state index < -0.39 is 28.2 Å². The average Bonchev–Trinajstić information content (AvgIpc) is 2.90. The highest BCUT2D eigenvalue weighted by Crippen LogP contribution is 2.42. The Bertz CT molecular complexity index is 489. The number of urea groups is 1. The SMILES string of the molecule is O=C1NC(=O)C2(CCCC2)C(=O)N1C1CCS(=O)CC1. The number of imide groups is 2. The molecule has 0 bridgehead atoms. The lowest BCUT2D eigenvalue weighted by Crippen LogP contribution is -2.65. The van der Waals surface area contributed by atoms with E-state index in [1.165, 1.54) is 4.90 Å². The zero-order chi connectivity index (χ0) is 14.3. The van der Waals surface area contributed by atoms with Crippen LogP contribution in [0.1, 0.15) is 38.5 Å². The second kappa shape index (κ2) is 4.95. The van der Waals surface area contributed by atoms with E-state index in [0.717, 1.165) is 12.8 Å². The summed E-state index contributed by atoms with van der Waals surface area (Å²) in [5.74, 6) is 0.271. The minimum atomic E-state index is -1.02. The Kier molecular flexibility index (Phi) is 3.40. The van der Waals surface area contributed by atoms with Crippen molar-refractivity contribution in [3.05, 3.63) is 0 Å². The molecule has 0 atom stereocenters. The molecule has 7 heteroatoms. The third-order valence-corrected chi connectivity index (χ3v) is 6.06. The lowest BCUT2D eigenvalue weighted by molar-refractivity contribution is -0.152. The van der Waals surface area contributed by atoms with Crippen LogP contribution in [-0.4, -0.2) is 44.5 Å². The highest BCUT2D eigenvalue weighted by atomic mass is 32.2. The number of nitrogens with zero attached hydrogens (tertiary/aromatic N) is 1. The van der Waals surface area contributed by atoms with E-state index >= 15 is 0 Å². The molecule has 1 N–H and O–H groups in total. The first-order valence-electron chi connectivity index (χ1n) is 7.09. The Labute approximate surface area is 119 Å². The van der Waals surface area contributed by atoms with Crippen LogP contribution in [0, 0.1) is 5.41 Å². The Morgan fingerprint density at radius 2 is 1.70 bits per heavy atom. The molecule has 0 unspecified atom stereocenters. The quantitative estimate of drug-likeness (QED) is 0.716. The molecule has 0 radical (unpaired) electrons. The molecule has 2 saturated heterocycles. The molecule has 0 aromatic carbocycles. The first-order valence-corrected chi connectivity index (χ1v) is 8.57. The standard InChI is InChI=1S/C13H18N2O4S/c16-10-13(5-1-2-6-13)11(17)15(12(18)14-10)9-3-7-20(19)8-4-9/h9H,1-8H2,(H,14,16,18). The van der Waals surface area contributed by atoms with Gasteiger partial charge in [0.1, 0.15) is 5.41 Å². The molecular weight excluding hydrogens is 280 g/mol. The van der Waals surface area contributed by atoms with Crippen LogP contribution in [0.5, 0.6) is 0 Å². The van der Waals surface area contributed by atoms with Crippen LogP contribution in [0.15, 0.2) is 0 Å². The van der Waals surface area contributed by atoms with Crippen molar-refractivity contribution in [2.75, 3.05) is 11.5 Å². The maximum atomic E-state index is 12.7. The number of rotatable bonds is 1. The molecule has 3 fully saturated rings. The Morgan fingerprint density at radius 3 is 2.30 bits per heavy atom. The molecule has 2 aliphatic heterocycles. The van der Waals surface area contributed by atoms with E-state index in [1.807, 2.05) is 0 Å². The van der Waals surface area contributed by atoms with Gasteiger partial charge in [-0.2, -0.15) is 0 Å². The van der Waals surface area contributed by atoms with E-state index in [-0.39, 0.29) is 11.9 Å². The smallest absolute Gasteiger partial charge is 0.277 e. The lowest BCUT2D eigenvalue weighted by Gasteiger charge is -2.41. The van der Waals surface area contributed by atoms with Crippen LogP contribution in [0.2, 0.25) is 0 Å². The van der Waals surface area contributed by atoms with Crippen LogP contribution in [-0.2, 0) is 20.4 Å². The third kappa shape index (κ3) is 1.99. The first kappa shape index (κ1) is 13.7. The summed E-state index contributed by atoms with van der Waals surface area (Å²) < 4.78 is 11.4. The number of hydrogen-bond acceptors (Lipinski definition) is 4. The van der Waals surface area contributed by atoms with Crippen LogP contribution in [0.25, 0.3) is 0 Å². The Morgan fingerprint density at radius 1 is 1.10 bits per heavy atom. The third-order valence-electron chi connectivity index (χ3n) is 4.68. The second-order valence-electron chi connectivity index (χ2n) is 5.80. The van der Waals surface area contributed by atoms with Gasteiger partial charge in [0, 0.05) is 28.3 Å². The van der Waals surface area contributed by atoms with Gasteiger partial charge < -0.3 is 0 Å². The molecule has 0 aromatic rings. The summed E-state index contributed by atoms with van der Waals surface area (Å²) in [6, 6.07) is -0.819. The fourth-order valence-corrected chi connectivity index (χ4v) is 4.76. The van der Waals surface area contributed by atoms with E-state index in [2.05, 4.69) is 5.32 Å². The Hall–Kier alpha value is -1.24. The summed E-state index contributed by atoms with van der Waals surface area (Å²) in [5, 5.41) is 2.35. The molecule has 6 nitrogen and oxygen atoms in total. The highest BCUT2D eigenvalue weighted by Gasteiger charge is 2.56. The van der Waals surface area contributed by atoms with Gasteiger partial charge >= 0.3 is 6.03 Å². The zero-order valence-electron chi connectivity index (χ0n) is 11.2. The molecule has 2 heterocycles. The molecule has 3 aliphatic rings. The number of carbonyl (C=O) groups excluding carboxylic acids is 3. The van der Waals surface area contributed by atoms with E-state index in [0.29, 0.717) is 37.2 Å². The minimum Gasteiger partial charge on any atom is -0.277 e. The summed E-state index contributed by atoms with van der Waals surface area (Å²) in [6.45, 7) is 0. The van der Waals surface area contributed by atoms with Gasteiger partial charge in [-0.1, -0.05) is 12.8 Å². The summed E-state index contributed by atoms with van der Waals surface area (Å²) in [4.78, 5) is 38.1. The van der Waals surface area contributed by atoms with Gasteiger partial charge in [-0.05, 0) is 25.7 Å². The van der Waals surface area contributed by atoms with Gasteiger partial charge in [-0.15, -0.1) is 0 Å². The monoisotopic (exact) mass is 298 g/mol. The number of nitrogens with one attached hydrogen (secondary N) is 1. The van der Waals surface area contributed by atoms with Gasteiger partial charge in [0.2, 0.25) is 11.8 Å². The fourth-order valence-electron chi connectivity index (χ4n) is 3.49. The summed E-state index contributed by atoms with van der Waals surface area (Å²) >= 11 is 0. The van der Waals surface area contributed by atoms with Crippen LogP contribution < -0.4 is 5.32 Å². The first-order chi connectivity index (χ1) is 9.54. The predicted molar refractivity (Wildman–Crippen MR) is 72.2 cm³/mol. The van der Waals surface area contributed by atoms with E-state index in [4.69, 9.17) is 0 Å². The van der Waals surface area contributed by atoms with Crippen LogP contribution in [0.3, 0.4) is 0 Å². The average molecular weight is 298 g/mol. The summed E-state index contributed by atoms with van der Waals surface area (Å²) in [6.07, 6.45) is 3.87. The molecule has 20 heavy (non-hydrogen) atoms. The second-order valence-corrected chi connectivity index (χ2v) is 7.50. The molecule has 4 amide bonds. The highest BCUT2D eigenvalue weighted by molar-refractivity contribution is 7.85. The van der Waals surface area contributed by atoms with Crippen molar-refractivity contribution in [3.8, 4) is 0 Å². The number of hydrogen-bond donors (Lipinski definition) is 1. The molecular formula is C13H18N2O4S. The topological polar surface area (TPSA) is 83.6 Å². The van der Waals surface area contributed by atoms with Gasteiger partial charge in [0.25, 0.3) is 0 Å². The van der Waals surface area contributed by atoms with Crippen molar-refractivity contribution in [1.82, 2.24) is 10.2 Å². The van der Waals surface area contributed by atoms with Crippen LogP contribution in [0.4, 0.5) is 4.79 Å². The number of carbonyl (C=O) groups is 3. The maximum Gasteiger partial charge on any atom is 0.331 e. The van der Waals surface area contributed by atoms with Crippen molar-refractivity contribution in [2.24, 2.45) is 5.41 Å². The normalized spacial score (nSPS) is 33.6. The van der Waals surface area contributed by atoms with Crippen molar-refractivity contribution in [1.29, 1.82) is 0 Å². The molecule has 1 saturated carbocycles. The summed E-state index contributed by atoms with van der Waals surface area (Å²) in [5.41, 5.74) is -1.02. The predicted octanol–water partition coefficient (Wildman–Crippen LogP) is 0.536. The number of barbiturate groups is 1. The minimum absolute atomic E-state index is 0.217. The molecule has 3 rings (SSSR count). The molecule has 1 spiro atoms. The fraction of sp³-hybridized carbons (Fsp3) is 0.769. The van der Waals surface area contributed by atoms with Crippen molar-refractivity contribution in [3.63, 3.8) is 0 Å². The zero-order valence-corrected chi connectivity index (χ0v) is 12.0. The Balaban J connectivity index is 1.86. The van der Waals surface area contributed by atoms with E-state index in [9.17, 15) is 18.6 Å². The van der Waals surface area contributed by atoms with Gasteiger partial charge in [0.15, 0.2) is 0 Å². The van der Waals surface area contributed by atoms with Gasteiger partial charge in [-0.3, -0.25) is 24.0 Å².